The number of halogens is 1. The summed E-state index contributed by atoms with van der Waals surface area (Å²) in [5.74, 6) is 0. The fourth-order valence-electron chi connectivity index (χ4n) is 1.88. The van der Waals surface area contributed by atoms with Gasteiger partial charge in [0.1, 0.15) is 6.10 Å². The van der Waals surface area contributed by atoms with Crippen LogP contribution in [0.15, 0.2) is 24.3 Å². The SMILES string of the molecule is CC(C)(C)NCC(OC1COC1)c1cccc(Cl)c1. The van der Waals surface area contributed by atoms with Crippen molar-refractivity contribution < 1.29 is 9.47 Å². The summed E-state index contributed by atoms with van der Waals surface area (Å²) in [7, 11) is 0. The highest BCUT2D eigenvalue weighted by Gasteiger charge is 2.25. The van der Waals surface area contributed by atoms with Gasteiger partial charge in [-0.3, -0.25) is 0 Å². The lowest BCUT2D eigenvalue weighted by atomic mass is 10.1. The van der Waals surface area contributed by atoms with Gasteiger partial charge in [0, 0.05) is 17.1 Å². The molecule has 1 N–H and O–H groups in total. The molecule has 3 nitrogen and oxygen atoms in total. The van der Waals surface area contributed by atoms with Crippen molar-refractivity contribution in [2.75, 3.05) is 19.8 Å². The predicted molar refractivity (Wildman–Crippen MR) is 77.6 cm³/mol. The van der Waals surface area contributed by atoms with E-state index in [9.17, 15) is 0 Å². The highest BCUT2D eigenvalue weighted by atomic mass is 35.5. The van der Waals surface area contributed by atoms with Crippen LogP contribution in [0.5, 0.6) is 0 Å². The fourth-order valence-corrected chi connectivity index (χ4v) is 2.07. The van der Waals surface area contributed by atoms with Gasteiger partial charge in [-0.1, -0.05) is 23.7 Å². The van der Waals surface area contributed by atoms with Crippen LogP contribution in [0, 0.1) is 0 Å². The van der Waals surface area contributed by atoms with E-state index in [2.05, 4.69) is 32.2 Å². The molecule has 2 rings (SSSR count). The molecule has 19 heavy (non-hydrogen) atoms. The standard InChI is InChI=1S/C15H22ClNO2/c1-15(2,3)17-8-14(19-13-9-18-10-13)11-5-4-6-12(16)7-11/h4-7,13-14,17H,8-10H2,1-3H3. The van der Waals surface area contributed by atoms with Crippen molar-refractivity contribution >= 4 is 11.6 Å². The molecule has 0 aromatic heterocycles. The average molecular weight is 284 g/mol. The summed E-state index contributed by atoms with van der Waals surface area (Å²) >= 11 is 6.06. The van der Waals surface area contributed by atoms with Crippen LogP contribution in [-0.4, -0.2) is 31.4 Å². The Hall–Kier alpha value is -0.610. The Morgan fingerprint density at radius 2 is 2.16 bits per heavy atom. The topological polar surface area (TPSA) is 30.5 Å². The van der Waals surface area contributed by atoms with Gasteiger partial charge in [0.15, 0.2) is 0 Å². The Morgan fingerprint density at radius 3 is 2.68 bits per heavy atom. The fraction of sp³-hybridized carbons (Fsp3) is 0.600. The highest BCUT2D eigenvalue weighted by Crippen LogP contribution is 2.24. The van der Waals surface area contributed by atoms with E-state index in [0.29, 0.717) is 13.2 Å². The molecule has 1 unspecified atom stereocenters. The van der Waals surface area contributed by atoms with Gasteiger partial charge in [-0.05, 0) is 38.5 Å². The minimum atomic E-state index is 0.00632. The van der Waals surface area contributed by atoms with Gasteiger partial charge < -0.3 is 14.8 Å². The molecule has 1 aliphatic heterocycles. The van der Waals surface area contributed by atoms with Crippen LogP contribution >= 0.6 is 11.6 Å². The van der Waals surface area contributed by atoms with E-state index in [1.807, 2.05) is 18.2 Å². The molecule has 1 aromatic carbocycles. The second kappa shape index (κ2) is 6.23. The van der Waals surface area contributed by atoms with Crippen molar-refractivity contribution in [2.45, 2.75) is 38.5 Å². The van der Waals surface area contributed by atoms with Gasteiger partial charge in [-0.15, -0.1) is 0 Å². The Bertz CT molecular complexity index is 413. The smallest absolute Gasteiger partial charge is 0.105 e. The number of benzene rings is 1. The first-order chi connectivity index (χ1) is 8.94. The molecule has 0 aliphatic carbocycles. The van der Waals surface area contributed by atoms with E-state index in [1.165, 1.54) is 0 Å². The Morgan fingerprint density at radius 1 is 1.42 bits per heavy atom. The molecule has 0 radical (unpaired) electrons. The quantitative estimate of drug-likeness (QED) is 0.900. The van der Waals surface area contributed by atoms with Crippen LogP contribution < -0.4 is 5.32 Å². The van der Waals surface area contributed by atoms with Crippen LogP contribution in [0.2, 0.25) is 5.02 Å². The number of ether oxygens (including phenoxy) is 2. The van der Waals surface area contributed by atoms with E-state index >= 15 is 0 Å². The maximum atomic E-state index is 6.08. The summed E-state index contributed by atoms with van der Waals surface area (Å²) < 4.78 is 11.2. The third kappa shape index (κ3) is 4.77. The molecule has 0 bridgehead atoms. The normalized spacial score (nSPS) is 18.1. The first-order valence-corrected chi connectivity index (χ1v) is 7.05. The van der Waals surface area contributed by atoms with Crippen molar-refractivity contribution in [1.29, 1.82) is 0 Å². The van der Waals surface area contributed by atoms with Gasteiger partial charge in [-0.25, -0.2) is 0 Å². The number of rotatable bonds is 5. The minimum Gasteiger partial charge on any atom is -0.376 e. The molecule has 4 heteroatoms. The predicted octanol–water partition coefficient (Wildman–Crippen LogP) is 3.18. The lowest BCUT2D eigenvalue weighted by molar-refractivity contribution is -0.155. The monoisotopic (exact) mass is 283 g/mol. The Kier molecular flexibility index (Phi) is 4.85. The van der Waals surface area contributed by atoms with E-state index in [-0.39, 0.29) is 17.7 Å². The molecule has 1 heterocycles. The first kappa shape index (κ1) is 14.8. The molecule has 1 aromatic rings. The Balaban J connectivity index is 2.04. The zero-order valence-electron chi connectivity index (χ0n) is 11.8. The third-order valence-corrected chi connectivity index (χ3v) is 3.24. The molecule has 106 valence electrons. The summed E-state index contributed by atoms with van der Waals surface area (Å²) in [6.45, 7) is 8.58. The minimum absolute atomic E-state index is 0.00632. The second-order valence-corrected chi connectivity index (χ2v) is 6.41. The van der Waals surface area contributed by atoms with Crippen LogP contribution in [0.1, 0.15) is 32.4 Å². The molecule has 1 atom stereocenters. The molecule has 0 spiro atoms. The third-order valence-electron chi connectivity index (χ3n) is 3.00. The molecular weight excluding hydrogens is 262 g/mol. The summed E-state index contributed by atoms with van der Waals surface area (Å²) in [5, 5.41) is 4.23. The molecular formula is C15H22ClNO2. The second-order valence-electron chi connectivity index (χ2n) is 5.97. The summed E-state index contributed by atoms with van der Waals surface area (Å²) in [6, 6.07) is 7.87. The van der Waals surface area contributed by atoms with Crippen LogP contribution in [-0.2, 0) is 9.47 Å². The van der Waals surface area contributed by atoms with E-state index in [4.69, 9.17) is 21.1 Å². The summed E-state index contributed by atoms with van der Waals surface area (Å²) in [5.41, 5.74) is 1.17. The lowest BCUT2D eigenvalue weighted by Crippen LogP contribution is -2.42. The van der Waals surface area contributed by atoms with Gasteiger partial charge in [0.25, 0.3) is 0 Å². The zero-order valence-corrected chi connectivity index (χ0v) is 12.5. The van der Waals surface area contributed by atoms with Crippen LogP contribution in [0.4, 0.5) is 0 Å². The largest absolute Gasteiger partial charge is 0.376 e. The van der Waals surface area contributed by atoms with Crippen molar-refractivity contribution in [3.05, 3.63) is 34.9 Å². The van der Waals surface area contributed by atoms with Gasteiger partial charge in [0.05, 0.1) is 19.3 Å². The molecule has 1 aliphatic rings. The molecule has 1 fully saturated rings. The number of hydrogen-bond donors (Lipinski definition) is 1. The van der Waals surface area contributed by atoms with Gasteiger partial charge in [-0.2, -0.15) is 0 Å². The molecule has 0 saturated carbocycles. The molecule has 0 amide bonds. The number of hydrogen-bond acceptors (Lipinski definition) is 3. The average Bonchev–Trinajstić information content (AvgIpc) is 2.25. The first-order valence-electron chi connectivity index (χ1n) is 6.68. The Labute approximate surface area is 120 Å². The molecule has 1 saturated heterocycles. The van der Waals surface area contributed by atoms with E-state index in [1.54, 1.807) is 0 Å². The van der Waals surface area contributed by atoms with Gasteiger partial charge in [0.2, 0.25) is 0 Å². The zero-order chi connectivity index (χ0) is 13.9. The van der Waals surface area contributed by atoms with E-state index in [0.717, 1.165) is 17.1 Å². The van der Waals surface area contributed by atoms with E-state index < -0.39 is 0 Å². The van der Waals surface area contributed by atoms with Crippen LogP contribution in [0.3, 0.4) is 0 Å². The van der Waals surface area contributed by atoms with Gasteiger partial charge >= 0.3 is 0 Å². The van der Waals surface area contributed by atoms with Crippen LogP contribution in [0.25, 0.3) is 0 Å². The van der Waals surface area contributed by atoms with Crippen molar-refractivity contribution in [1.82, 2.24) is 5.32 Å². The van der Waals surface area contributed by atoms with Crippen molar-refractivity contribution in [3.8, 4) is 0 Å². The summed E-state index contributed by atoms with van der Waals surface area (Å²) in [6.07, 6.45) is 0.206. The van der Waals surface area contributed by atoms with Crippen molar-refractivity contribution in [2.24, 2.45) is 0 Å². The maximum absolute atomic E-state index is 6.08. The summed E-state index contributed by atoms with van der Waals surface area (Å²) in [4.78, 5) is 0. The maximum Gasteiger partial charge on any atom is 0.105 e. The highest BCUT2D eigenvalue weighted by molar-refractivity contribution is 6.30. The lowest BCUT2D eigenvalue weighted by Gasteiger charge is -2.32. The van der Waals surface area contributed by atoms with Crippen molar-refractivity contribution in [3.63, 3.8) is 0 Å². The number of nitrogens with one attached hydrogen (secondary N) is 1.